The molecule has 1 unspecified atom stereocenters. The molecule has 0 spiro atoms. The number of amides is 1. The maximum absolute atomic E-state index is 12.3. The molecule has 3 N–H and O–H groups in total. The highest BCUT2D eigenvalue weighted by Crippen LogP contribution is 2.19. The monoisotopic (exact) mass is 327 g/mol. The molecular weight excluding hydrogens is 302 g/mol. The number of benzene rings is 1. The SMILES string of the molecule is NCc1cc(C(=O)NCC2CCCCN2Cc2ccccc2)co1. The maximum atomic E-state index is 12.3. The van der Waals surface area contributed by atoms with E-state index in [4.69, 9.17) is 10.2 Å². The minimum absolute atomic E-state index is 0.0938. The molecule has 0 aliphatic carbocycles. The number of likely N-dealkylation sites (tertiary alicyclic amines) is 1. The van der Waals surface area contributed by atoms with Crippen LogP contribution in [0.25, 0.3) is 0 Å². The molecule has 0 saturated carbocycles. The van der Waals surface area contributed by atoms with Gasteiger partial charge in [0.25, 0.3) is 5.91 Å². The van der Waals surface area contributed by atoms with Crippen molar-refractivity contribution in [2.45, 2.75) is 38.4 Å². The summed E-state index contributed by atoms with van der Waals surface area (Å²) in [5, 5.41) is 3.04. The number of nitrogens with one attached hydrogen (secondary N) is 1. The van der Waals surface area contributed by atoms with Gasteiger partial charge in [-0.2, -0.15) is 0 Å². The van der Waals surface area contributed by atoms with Gasteiger partial charge in [0, 0.05) is 19.1 Å². The van der Waals surface area contributed by atoms with Gasteiger partial charge in [0.15, 0.2) is 0 Å². The number of furan rings is 1. The van der Waals surface area contributed by atoms with Crippen LogP contribution < -0.4 is 11.1 Å². The zero-order chi connectivity index (χ0) is 16.8. The van der Waals surface area contributed by atoms with Crippen molar-refractivity contribution in [2.75, 3.05) is 13.1 Å². The van der Waals surface area contributed by atoms with E-state index in [0.29, 0.717) is 30.5 Å². The van der Waals surface area contributed by atoms with Gasteiger partial charge in [0.1, 0.15) is 12.0 Å². The molecule has 0 bridgehead atoms. The molecule has 128 valence electrons. The fourth-order valence-corrected chi connectivity index (χ4v) is 3.24. The summed E-state index contributed by atoms with van der Waals surface area (Å²) in [5.74, 6) is 0.534. The quantitative estimate of drug-likeness (QED) is 0.855. The summed E-state index contributed by atoms with van der Waals surface area (Å²) in [7, 11) is 0. The van der Waals surface area contributed by atoms with Gasteiger partial charge in [-0.3, -0.25) is 9.69 Å². The second-order valence-corrected chi connectivity index (χ2v) is 6.32. The molecule has 2 aromatic rings. The Balaban J connectivity index is 1.56. The van der Waals surface area contributed by atoms with Crippen LogP contribution in [-0.4, -0.2) is 29.9 Å². The fourth-order valence-electron chi connectivity index (χ4n) is 3.24. The van der Waals surface area contributed by atoms with E-state index in [1.54, 1.807) is 6.07 Å². The van der Waals surface area contributed by atoms with Crippen molar-refractivity contribution >= 4 is 5.91 Å². The average molecular weight is 327 g/mol. The summed E-state index contributed by atoms with van der Waals surface area (Å²) in [4.78, 5) is 14.7. The first-order chi connectivity index (χ1) is 11.8. The van der Waals surface area contributed by atoms with E-state index < -0.39 is 0 Å². The van der Waals surface area contributed by atoms with Crippen molar-refractivity contribution in [3.8, 4) is 0 Å². The Labute approximate surface area is 142 Å². The minimum Gasteiger partial charge on any atom is -0.467 e. The van der Waals surface area contributed by atoms with Crippen LogP contribution in [0.3, 0.4) is 0 Å². The lowest BCUT2D eigenvalue weighted by atomic mass is 10.0. The normalized spacial score (nSPS) is 18.5. The predicted molar refractivity (Wildman–Crippen MR) is 93.4 cm³/mol. The lowest BCUT2D eigenvalue weighted by Gasteiger charge is -2.35. The summed E-state index contributed by atoms with van der Waals surface area (Å²) in [5.41, 5.74) is 7.37. The molecule has 1 amide bonds. The summed E-state index contributed by atoms with van der Waals surface area (Å²) in [6, 6.07) is 12.6. The Kier molecular flexibility index (Phi) is 5.67. The number of carbonyl (C=O) groups excluding carboxylic acids is 1. The number of nitrogens with zero attached hydrogens (tertiary/aromatic N) is 1. The molecule has 1 aliphatic heterocycles. The van der Waals surface area contributed by atoms with Gasteiger partial charge in [-0.1, -0.05) is 36.8 Å². The Hall–Kier alpha value is -2.11. The number of nitrogens with two attached hydrogens (primary N) is 1. The third kappa shape index (κ3) is 4.24. The van der Waals surface area contributed by atoms with E-state index in [1.165, 1.54) is 24.7 Å². The largest absolute Gasteiger partial charge is 0.467 e. The van der Waals surface area contributed by atoms with Crippen molar-refractivity contribution in [1.82, 2.24) is 10.2 Å². The molecular formula is C19H25N3O2. The van der Waals surface area contributed by atoms with Crippen molar-refractivity contribution in [2.24, 2.45) is 5.73 Å². The lowest BCUT2D eigenvalue weighted by molar-refractivity contribution is 0.0907. The molecule has 5 heteroatoms. The summed E-state index contributed by atoms with van der Waals surface area (Å²) in [6.45, 7) is 2.98. The van der Waals surface area contributed by atoms with E-state index in [2.05, 4.69) is 34.5 Å². The first kappa shape index (κ1) is 16.7. The van der Waals surface area contributed by atoms with E-state index in [1.807, 2.05) is 6.07 Å². The van der Waals surface area contributed by atoms with Gasteiger partial charge in [0.2, 0.25) is 0 Å². The molecule has 3 rings (SSSR count). The third-order valence-electron chi connectivity index (χ3n) is 4.59. The first-order valence-electron chi connectivity index (χ1n) is 8.60. The predicted octanol–water partition coefficient (Wildman–Crippen LogP) is 2.52. The van der Waals surface area contributed by atoms with E-state index in [0.717, 1.165) is 19.5 Å². The number of hydrogen-bond donors (Lipinski definition) is 2. The number of piperidine rings is 1. The van der Waals surface area contributed by atoms with Crippen LogP contribution >= 0.6 is 0 Å². The smallest absolute Gasteiger partial charge is 0.254 e. The fraction of sp³-hybridized carbons (Fsp3) is 0.421. The molecule has 1 fully saturated rings. The van der Waals surface area contributed by atoms with Crippen LogP contribution in [0, 0.1) is 0 Å². The standard InChI is InChI=1S/C19H25N3O2/c20-11-18-10-16(14-24-18)19(23)21-12-17-8-4-5-9-22(17)13-15-6-2-1-3-7-15/h1-3,6-7,10,14,17H,4-5,8-9,11-13,20H2,(H,21,23). The van der Waals surface area contributed by atoms with Crippen LogP contribution in [0.2, 0.25) is 0 Å². The summed E-state index contributed by atoms with van der Waals surface area (Å²) in [6.07, 6.45) is 5.03. The average Bonchev–Trinajstić information content (AvgIpc) is 3.11. The highest BCUT2D eigenvalue weighted by Gasteiger charge is 2.23. The molecule has 2 heterocycles. The summed E-state index contributed by atoms with van der Waals surface area (Å²) >= 11 is 0. The molecule has 1 aromatic heterocycles. The number of hydrogen-bond acceptors (Lipinski definition) is 4. The van der Waals surface area contributed by atoms with Crippen molar-refractivity contribution in [3.05, 3.63) is 59.5 Å². The Bertz CT molecular complexity index is 654. The van der Waals surface area contributed by atoms with Gasteiger partial charge >= 0.3 is 0 Å². The Morgan fingerprint density at radius 3 is 2.88 bits per heavy atom. The van der Waals surface area contributed by atoms with E-state index in [9.17, 15) is 4.79 Å². The molecule has 0 radical (unpaired) electrons. The highest BCUT2D eigenvalue weighted by molar-refractivity contribution is 5.93. The van der Waals surface area contributed by atoms with Crippen LogP contribution in [0.4, 0.5) is 0 Å². The van der Waals surface area contributed by atoms with E-state index in [-0.39, 0.29) is 5.91 Å². The summed E-state index contributed by atoms with van der Waals surface area (Å²) < 4.78 is 5.23. The third-order valence-corrected chi connectivity index (χ3v) is 4.59. The zero-order valence-electron chi connectivity index (χ0n) is 13.9. The lowest BCUT2D eigenvalue weighted by Crippen LogP contribution is -2.46. The molecule has 1 atom stereocenters. The van der Waals surface area contributed by atoms with Crippen LogP contribution in [0.5, 0.6) is 0 Å². The Morgan fingerprint density at radius 2 is 2.12 bits per heavy atom. The second kappa shape index (κ2) is 8.13. The number of rotatable bonds is 6. The number of carbonyl (C=O) groups is 1. The van der Waals surface area contributed by atoms with Crippen molar-refractivity contribution in [1.29, 1.82) is 0 Å². The van der Waals surface area contributed by atoms with Gasteiger partial charge in [0.05, 0.1) is 12.1 Å². The first-order valence-corrected chi connectivity index (χ1v) is 8.60. The molecule has 1 saturated heterocycles. The van der Waals surface area contributed by atoms with Gasteiger partial charge in [-0.15, -0.1) is 0 Å². The molecule has 24 heavy (non-hydrogen) atoms. The van der Waals surface area contributed by atoms with Gasteiger partial charge < -0.3 is 15.5 Å². The molecule has 1 aromatic carbocycles. The Morgan fingerprint density at radius 1 is 1.29 bits per heavy atom. The van der Waals surface area contributed by atoms with Crippen LogP contribution in [0.1, 0.15) is 40.9 Å². The molecule has 1 aliphatic rings. The molecule has 5 nitrogen and oxygen atoms in total. The van der Waals surface area contributed by atoms with Gasteiger partial charge in [-0.05, 0) is 31.0 Å². The highest BCUT2D eigenvalue weighted by atomic mass is 16.3. The van der Waals surface area contributed by atoms with Crippen LogP contribution in [0.15, 0.2) is 47.1 Å². The van der Waals surface area contributed by atoms with Crippen molar-refractivity contribution < 1.29 is 9.21 Å². The topological polar surface area (TPSA) is 71.5 Å². The second-order valence-electron chi connectivity index (χ2n) is 6.32. The maximum Gasteiger partial charge on any atom is 0.254 e. The van der Waals surface area contributed by atoms with Gasteiger partial charge in [-0.25, -0.2) is 0 Å². The van der Waals surface area contributed by atoms with Crippen LogP contribution in [-0.2, 0) is 13.1 Å². The van der Waals surface area contributed by atoms with E-state index >= 15 is 0 Å². The zero-order valence-corrected chi connectivity index (χ0v) is 13.9. The van der Waals surface area contributed by atoms with Crippen molar-refractivity contribution in [3.63, 3.8) is 0 Å². The minimum atomic E-state index is -0.0938.